The average molecular weight is 184 g/mol. The Morgan fingerprint density at radius 2 is 1.75 bits per heavy atom. The van der Waals surface area contributed by atoms with Gasteiger partial charge in [0.15, 0.2) is 0 Å². The van der Waals surface area contributed by atoms with Crippen molar-refractivity contribution in [1.29, 1.82) is 0 Å². The summed E-state index contributed by atoms with van der Waals surface area (Å²) in [6.45, 7) is 3.37. The molecule has 1 rings (SSSR count). The number of hydrogen-bond acceptors (Lipinski definition) is 2. The molecule has 0 aliphatic heterocycles. The number of ether oxygens (including phenoxy) is 1. The SMILES string of the molecule is CC(=O)Oc1ccc(C)cc1.P. The summed E-state index contributed by atoms with van der Waals surface area (Å²) in [6.07, 6.45) is 0. The van der Waals surface area contributed by atoms with Crippen molar-refractivity contribution in [2.45, 2.75) is 13.8 Å². The van der Waals surface area contributed by atoms with Gasteiger partial charge in [-0.3, -0.25) is 4.79 Å². The molecule has 3 heteroatoms. The van der Waals surface area contributed by atoms with Gasteiger partial charge in [-0.15, -0.1) is 0 Å². The highest BCUT2D eigenvalue weighted by atomic mass is 31.0. The summed E-state index contributed by atoms with van der Waals surface area (Å²) in [7, 11) is 0. The number of hydrogen-bond donors (Lipinski definition) is 0. The lowest BCUT2D eigenvalue weighted by molar-refractivity contribution is -0.131. The minimum Gasteiger partial charge on any atom is -0.427 e. The van der Waals surface area contributed by atoms with Gasteiger partial charge in [-0.1, -0.05) is 17.7 Å². The molecule has 0 N–H and O–H groups in total. The third-order valence-corrected chi connectivity index (χ3v) is 1.28. The normalized spacial score (nSPS) is 8.50. The number of benzene rings is 1. The number of carbonyl (C=O) groups is 1. The van der Waals surface area contributed by atoms with Crippen LogP contribution in [0.15, 0.2) is 24.3 Å². The maximum Gasteiger partial charge on any atom is 0.308 e. The molecule has 0 aliphatic carbocycles. The largest absolute Gasteiger partial charge is 0.427 e. The molecule has 0 bridgehead atoms. The van der Waals surface area contributed by atoms with Gasteiger partial charge in [0.25, 0.3) is 0 Å². The Labute approximate surface area is 75.6 Å². The molecular formula is C9H13O2P. The summed E-state index contributed by atoms with van der Waals surface area (Å²) in [5, 5.41) is 0. The molecule has 1 atom stereocenters. The maximum atomic E-state index is 10.5. The van der Waals surface area contributed by atoms with Crippen LogP contribution < -0.4 is 4.74 Å². The minimum absolute atomic E-state index is 0. The molecule has 12 heavy (non-hydrogen) atoms. The van der Waals surface area contributed by atoms with Crippen LogP contribution in [0.3, 0.4) is 0 Å². The molecule has 0 spiro atoms. The molecule has 66 valence electrons. The molecular weight excluding hydrogens is 171 g/mol. The lowest BCUT2D eigenvalue weighted by Gasteiger charge is -1.99. The minimum atomic E-state index is -0.283. The van der Waals surface area contributed by atoms with E-state index >= 15 is 0 Å². The van der Waals surface area contributed by atoms with Crippen molar-refractivity contribution in [2.75, 3.05) is 0 Å². The van der Waals surface area contributed by atoms with E-state index in [2.05, 4.69) is 0 Å². The van der Waals surface area contributed by atoms with E-state index in [1.807, 2.05) is 19.1 Å². The van der Waals surface area contributed by atoms with Crippen LogP contribution >= 0.6 is 9.90 Å². The van der Waals surface area contributed by atoms with Crippen molar-refractivity contribution in [1.82, 2.24) is 0 Å². The van der Waals surface area contributed by atoms with Crippen LogP contribution in [-0.4, -0.2) is 5.97 Å². The summed E-state index contributed by atoms with van der Waals surface area (Å²) in [6, 6.07) is 7.35. The zero-order valence-corrected chi connectivity index (χ0v) is 8.75. The highest BCUT2D eigenvalue weighted by molar-refractivity contribution is 6.92. The van der Waals surface area contributed by atoms with Crippen molar-refractivity contribution in [3.05, 3.63) is 29.8 Å². The van der Waals surface area contributed by atoms with E-state index in [0.29, 0.717) is 5.75 Å². The van der Waals surface area contributed by atoms with Gasteiger partial charge in [0, 0.05) is 6.92 Å². The van der Waals surface area contributed by atoms with E-state index in [-0.39, 0.29) is 15.9 Å². The summed E-state index contributed by atoms with van der Waals surface area (Å²) in [4.78, 5) is 10.5. The second kappa shape index (κ2) is 4.89. The number of esters is 1. The Bertz CT molecular complexity index is 254. The quantitative estimate of drug-likeness (QED) is 0.379. The summed E-state index contributed by atoms with van der Waals surface area (Å²) in [5.74, 6) is 0.317. The van der Waals surface area contributed by atoms with Gasteiger partial charge in [-0.25, -0.2) is 0 Å². The van der Waals surface area contributed by atoms with Gasteiger partial charge in [-0.05, 0) is 19.1 Å². The van der Waals surface area contributed by atoms with Crippen molar-refractivity contribution in [2.24, 2.45) is 0 Å². The molecule has 0 fully saturated rings. The van der Waals surface area contributed by atoms with E-state index in [0.717, 1.165) is 5.56 Å². The second-order valence-electron chi connectivity index (χ2n) is 2.41. The Morgan fingerprint density at radius 3 is 2.17 bits per heavy atom. The fourth-order valence-corrected chi connectivity index (χ4v) is 0.772. The molecule has 0 aliphatic rings. The fraction of sp³-hybridized carbons (Fsp3) is 0.222. The number of rotatable bonds is 1. The van der Waals surface area contributed by atoms with E-state index in [1.165, 1.54) is 6.92 Å². The van der Waals surface area contributed by atoms with Crippen LogP contribution in [-0.2, 0) is 4.79 Å². The monoisotopic (exact) mass is 184 g/mol. The molecule has 0 saturated heterocycles. The lowest BCUT2D eigenvalue weighted by Crippen LogP contribution is -2.00. The van der Waals surface area contributed by atoms with E-state index < -0.39 is 0 Å². The van der Waals surface area contributed by atoms with Crippen molar-refractivity contribution in [3.63, 3.8) is 0 Å². The van der Waals surface area contributed by atoms with Crippen LogP contribution in [0.2, 0.25) is 0 Å². The zero-order chi connectivity index (χ0) is 8.27. The third-order valence-electron chi connectivity index (χ3n) is 1.28. The Hall–Kier alpha value is -0.880. The molecule has 1 aromatic rings. The summed E-state index contributed by atoms with van der Waals surface area (Å²) < 4.78 is 4.83. The first-order chi connectivity index (χ1) is 5.18. The second-order valence-corrected chi connectivity index (χ2v) is 2.41. The molecule has 0 amide bonds. The van der Waals surface area contributed by atoms with E-state index in [4.69, 9.17) is 4.74 Å². The number of aryl methyl sites for hydroxylation is 1. The topological polar surface area (TPSA) is 26.3 Å². The molecule has 1 aromatic carbocycles. The lowest BCUT2D eigenvalue weighted by atomic mass is 10.2. The van der Waals surface area contributed by atoms with Crippen LogP contribution in [0.1, 0.15) is 12.5 Å². The maximum absolute atomic E-state index is 10.5. The average Bonchev–Trinajstić information content (AvgIpc) is 1.93. The predicted octanol–water partition coefficient (Wildman–Crippen LogP) is 1.98. The Morgan fingerprint density at radius 1 is 1.25 bits per heavy atom. The smallest absolute Gasteiger partial charge is 0.308 e. The third kappa shape index (κ3) is 3.49. The van der Waals surface area contributed by atoms with Crippen LogP contribution in [0, 0.1) is 6.92 Å². The summed E-state index contributed by atoms with van der Waals surface area (Å²) in [5.41, 5.74) is 1.15. The molecule has 2 nitrogen and oxygen atoms in total. The first-order valence-corrected chi connectivity index (χ1v) is 3.43. The zero-order valence-electron chi connectivity index (χ0n) is 7.33. The van der Waals surface area contributed by atoms with Crippen molar-refractivity contribution >= 4 is 15.9 Å². The molecule has 0 heterocycles. The number of carbonyl (C=O) groups excluding carboxylic acids is 1. The predicted molar refractivity (Wildman–Crippen MR) is 53.6 cm³/mol. The summed E-state index contributed by atoms with van der Waals surface area (Å²) >= 11 is 0. The van der Waals surface area contributed by atoms with Gasteiger partial charge in [-0.2, -0.15) is 9.90 Å². The first kappa shape index (κ1) is 11.1. The molecule has 0 saturated carbocycles. The van der Waals surface area contributed by atoms with Crippen LogP contribution in [0.25, 0.3) is 0 Å². The standard InChI is InChI=1S/C9H10O2.H3P/c1-7-3-5-9(6-4-7)11-8(2)10;/h3-6H,1-2H3;1H3. The van der Waals surface area contributed by atoms with Crippen LogP contribution in [0.4, 0.5) is 0 Å². The van der Waals surface area contributed by atoms with Gasteiger partial charge in [0.05, 0.1) is 0 Å². The van der Waals surface area contributed by atoms with Crippen LogP contribution in [0.5, 0.6) is 5.75 Å². The Kier molecular flexibility index (Phi) is 4.53. The van der Waals surface area contributed by atoms with Crippen molar-refractivity contribution in [3.8, 4) is 5.75 Å². The highest BCUT2D eigenvalue weighted by Crippen LogP contribution is 2.10. The molecule has 0 aromatic heterocycles. The fourth-order valence-electron chi connectivity index (χ4n) is 0.772. The van der Waals surface area contributed by atoms with Gasteiger partial charge in [0.2, 0.25) is 0 Å². The van der Waals surface area contributed by atoms with Crippen molar-refractivity contribution < 1.29 is 9.53 Å². The van der Waals surface area contributed by atoms with Gasteiger partial charge in [0.1, 0.15) is 5.75 Å². The Balaban J connectivity index is 0.00000121. The highest BCUT2D eigenvalue weighted by Gasteiger charge is 1.94. The van der Waals surface area contributed by atoms with E-state index in [1.54, 1.807) is 12.1 Å². The van der Waals surface area contributed by atoms with E-state index in [9.17, 15) is 4.79 Å². The first-order valence-electron chi connectivity index (χ1n) is 3.43. The van der Waals surface area contributed by atoms with Gasteiger partial charge < -0.3 is 4.74 Å². The molecule has 0 radical (unpaired) electrons. The molecule has 1 unspecified atom stereocenters. The van der Waals surface area contributed by atoms with Gasteiger partial charge >= 0.3 is 5.97 Å².